The third-order valence-electron chi connectivity index (χ3n) is 3.51. The van der Waals surface area contributed by atoms with E-state index in [0.29, 0.717) is 0 Å². The zero-order valence-electron chi connectivity index (χ0n) is 12.2. The van der Waals surface area contributed by atoms with E-state index in [-0.39, 0.29) is 11.9 Å². The average molecular weight is 352 g/mol. The minimum atomic E-state index is -0.223. The van der Waals surface area contributed by atoms with E-state index in [9.17, 15) is 4.39 Å². The van der Waals surface area contributed by atoms with Gasteiger partial charge in [0.05, 0.1) is 7.11 Å². The quantitative estimate of drug-likeness (QED) is 0.850. The maximum Gasteiger partial charge on any atom is 0.124 e. The Hall–Kier alpha value is -1.39. The zero-order valence-corrected chi connectivity index (χ0v) is 13.8. The van der Waals surface area contributed by atoms with Crippen LogP contribution >= 0.6 is 15.9 Å². The summed E-state index contributed by atoms with van der Waals surface area (Å²) in [6, 6.07) is 13.2. The van der Waals surface area contributed by atoms with Crippen molar-refractivity contribution in [2.45, 2.75) is 18.9 Å². The molecule has 0 aliphatic carbocycles. The first-order chi connectivity index (χ1) is 10.1. The molecule has 0 saturated heterocycles. The van der Waals surface area contributed by atoms with Gasteiger partial charge in [0.1, 0.15) is 11.6 Å². The highest BCUT2D eigenvalue weighted by Crippen LogP contribution is 2.21. The molecular formula is C17H19BrFNO. The van der Waals surface area contributed by atoms with E-state index in [2.05, 4.69) is 27.3 Å². The van der Waals surface area contributed by atoms with E-state index in [1.807, 2.05) is 31.3 Å². The highest BCUT2D eigenvalue weighted by molar-refractivity contribution is 9.10. The molecule has 1 unspecified atom stereocenters. The lowest BCUT2D eigenvalue weighted by Crippen LogP contribution is -2.30. The maximum absolute atomic E-state index is 13.1. The molecular weight excluding hydrogens is 333 g/mol. The van der Waals surface area contributed by atoms with Crippen LogP contribution in [0.4, 0.5) is 4.39 Å². The Labute approximate surface area is 133 Å². The molecule has 2 aromatic rings. The van der Waals surface area contributed by atoms with Crippen molar-refractivity contribution in [3.05, 3.63) is 63.9 Å². The zero-order chi connectivity index (χ0) is 15.2. The van der Waals surface area contributed by atoms with Gasteiger partial charge in [-0.1, -0.05) is 34.1 Å². The number of nitrogens with one attached hydrogen (secondary N) is 1. The van der Waals surface area contributed by atoms with Gasteiger partial charge in [0.2, 0.25) is 0 Å². The number of halogens is 2. The largest absolute Gasteiger partial charge is 0.497 e. The van der Waals surface area contributed by atoms with Gasteiger partial charge >= 0.3 is 0 Å². The minimum absolute atomic E-state index is 0.223. The Bertz CT molecular complexity index is 603. The molecule has 0 spiro atoms. The molecule has 112 valence electrons. The second-order valence-corrected chi connectivity index (χ2v) is 5.84. The topological polar surface area (TPSA) is 21.3 Å². The molecule has 2 aromatic carbocycles. The Morgan fingerprint density at radius 1 is 1.19 bits per heavy atom. The summed E-state index contributed by atoms with van der Waals surface area (Å²) < 4.78 is 19.2. The van der Waals surface area contributed by atoms with Gasteiger partial charge in [-0.25, -0.2) is 4.39 Å². The summed E-state index contributed by atoms with van der Waals surface area (Å²) in [5.41, 5.74) is 2.31. The number of hydrogen-bond acceptors (Lipinski definition) is 2. The first-order valence-corrected chi connectivity index (χ1v) is 7.66. The van der Waals surface area contributed by atoms with Gasteiger partial charge in [-0.05, 0) is 55.3 Å². The van der Waals surface area contributed by atoms with Crippen molar-refractivity contribution in [3.8, 4) is 5.75 Å². The second-order valence-electron chi connectivity index (χ2n) is 4.98. The molecule has 0 saturated carbocycles. The maximum atomic E-state index is 13.1. The monoisotopic (exact) mass is 351 g/mol. The van der Waals surface area contributed by atoms with Crippen molar-refractivity contribution in [2.24, 2.45) is 0 Å². The average Bonchev–Trinajstić information content (AvgIpc) is 2.49. The lowest BCUT2D eigenvalue weighted by molar-refractivity contribution is 0.414. The third kappa shape index (κ3) is 4.55. The molecule has 0 bridgehead atoms. The highest BCUT2D eigenvalue weighted by atomic mass is 79.9. The van der Waals surface area contributed by atoms with Crippen molar-refractivity contribution < 1.29 is 9.13 Å². The molecule has 0 heterocycles. The van der Waals surface area contributed by atoms with E-state index in [0.717, 1.165) is 28.6 Å². The van der Waals surface area contributed by atoms with E-state index >= 15 is 0 Å². The summed E-state index contributed by atoms with van der Waals surface area (Å²) in [6.45, 7) is 0. The fourth-order valence-corrected chi connectivity index (χ4v) is 2.83. The fraction of sp³-hybridized carbons (Fsp3) is 0.294. The third-order valence-corrected chi connectivity index (χ3v) is 4.24. The van der Waals surface area contributed by atoms with Crippen molar-refractivity contribution >= 4 is 15.9 Å². The fourth-order valence-electron chi connectivity index (χ4n) is 2.31. The van der Waals surface area contributed by atoms with Crippen molar-refractivity contribution in [2.75, 3.05) is 14.2 Å². The molecule has 0 amide bonds. The van der Waals surface area contributed by atoms with Crippen LogP contribution in [0.1, 0.15) is 11.1 Å². The Balaban J connectivity index is 2.09. The molecule has 0 fully saturated rings. The van der Waals surface area contributed by atoms with Crippen LogP contribution in [0, 0.1) is 5.82 Å². The Morgan fingerprint density at radius 2 is 2.00 bits per heavy atom. The molecule has 0 aliphatic rings. The van der Waals surface area contributed by atoms with Gasteiger partial charge < -0.3 is 10.1 Å². The van der Waals surface area contributed by atoms with Crippen molar-refractivity contribution in [3.63, 3.8) is 0 Å². The van der Waals surface area contributed by atoms with Gasteiger partial charge in [-0.3, -0.25) is 0 Å². The predicted molar refractivity (Wildman–Crippen MR) is 87.3 cm³/mol. The van der Waals surface area contributed by atoms with E-state index < -0.39 is 0 Å². The molecule has 2 nitrogen and oxygen atoms in total. The Kier molecular flexibility index (Phi) is 5.76. The molecule has 0 radical (unpaired) electrons. The number of methoxy groups -OCH3 is 1. The van der Waals surface area contributed by atoms with Crippen molar-refractivity contribution in [1.29, 1.82) is 0 Å². The summed E-state index contributed by atoms with van der Waals surface area (Å²) in [4.78, 5) is 0. The van der Waals surface area contributed by atoms with Crippen LogP contribution in [0.3, 0.4) is 0 Å². The smallest absolute Gasteiger partial charge is 0.124 e. The van der Waals surface area contributed by atoms with Crippen LogP contribution in [-0.4, -0.2) is 20.2 Å². The standard InChI is InChI=1S/C17H19BrFNO/c1-20-15(8-12-4-3-5-16(9-12)21-2)10-13-6-7-14(19)11-17(13)18/h3-7,9,11,15,20H,8,10H2,1-2H3. The number of rotatable bonds is 6. The molecule has 4 heteroatoms. The van der Waals surface area contributed by atoms with Crippen LogP contribution in [0.2, 0.25) is 0 Å². The number of ether oxygens (including phenoxy) is 1. The highest BCUT2D eigenvalue weighted by Gasteiger charge is 2.11. The SMILES string of the molecule is CNC(Cc1cccc(OC)c1)Cc1ccc(F)cc1Br. The number of likely N-dealkylation sites (N-methyl/N-ethyl adjacent to an activating group) is 1. The molecule has 21 heavy (non-hydrogen) atoms. The normalized spacial score (nSPS) is 12.2. The molecule has 2 rings (SSSR count). The predicted octanol–water partition coefficient (Wildman–Crippen LogP) is 3.97. The summed E-state index contributed by atoms with van der Waals surface area (Å²) in [5.74, 6) is 0.643. The van der Waals surface area contributed by atoms with Gasteiger partial charge in [-0.2, -0.15) is 0 Å². The first kappa shape index (κ1) is 16.0. The first-order valence-electron chi connectivity index (χ1n) is 6.86. The Morgan fingerprint density at radius 3 is 2.67 bits per heavy atom. The molecule has 1 atom stereocenters. The van der Waals surface area contributed by atoms with Crippen LogP contribution in [0.5, 0.6) is 5.75 Å². The summed E-state index contributed by atoms with van der Waals surface area (Å²) in [7, 11) is 3.62. The number of hydrogen-bond donors (Lipinski definition) is 1. The molecule has 1 N–H and O–H groups in total. The van der Waals surface area contributed by atoms with E-state index in [4.69, 9.17) is 4.74 Å². The molecule has 0 aromatic heterocycles. The van der Waals surface area contributed by atoms with Gasteiger partial charge in [0.15, 0.2) is 0 Å². The van der Waals surface area contributed by atoms with Crippen LogP contribution in [-0.2, 0) is 12.8 Å². The lowest BCUT2D eigenvalue weighted by Gasteiger charge is -2.17. The van der Waals surface area contributed by atoms with Gasteiger partial charge in [0, 0.05) is 10.5 Å². The lowest BCUT2D eigenvalue weighted by atomic mass is 9.99. The minimum Gasteiger partial charge on any atom is -0.497 e. The van der Waals surface area contributed by atoms with Crippen LogP contribution < -0.4 is 10.1 Å². The van der Waals surface area contributed by atoms with E-state index in [1.165, 1.54) is 17.7 Å². The van der Waals surface area contributed by atoms with Crippen LogP contribution in [0.15, 0.2) is 46.9 Å². The summed E-state index contributed by atoms with van der Waals surface area (Å²) in [6.07, 6.45) is 1.71. The summed E-state index contributed by atoms with van der Waals surface area (Å²) >= 11 is 3.43. The van der Waals surface area contributed by atoms with E-state index in [1.54, 1.807) is 7.11 Å². The number of benzene rings is 2. The molecule has 0 aliphatic heterocycles. The second kappa shape index (κ2) is 7.57. The summed E-state index contributed by atoms with van der Waals surface area (Å²) in [5, 5.41) is 3.32. The van der Waals surface area contributed by atoms with Gasteiger partial charge in [-0.15, -0.1) is 0 Å². The van der Waals surface area contributed by atoms with Gasteiger partial charge in [0.25, 0.3) is 0 Å². The van der Waals surface area contributed by atoms with Crippen molar-refractivity contribution in [1.82, 2.24) is 5.32 Å². The van der Waals surface area contributed by atoms with Crippen LogP contribution in [0.25, 0.3) is 0 Å².